The molecule has 0 aromatic carbocycles. The molecule has 3 atom stereocenters. The highest BCUT2D eigenvalue weighted by Gasteiger charge is 2.48. The van der Waals surface area contributed by atoms with Crippen LogP contribution in [0.25, 0.3) is 5.65 Å². The van der Waals surface area contributed by atoms with Crippen molar-refractivity contribution in [1.29, 1.82) is 0 Å². The molecule has 2 aromatic heterocycles. The lowest BCUT2D eigenvalue weighted by Crippen LogP contribution is -2.40. The van der Waals surface area contributed by atoms with Gasteiger partial charge in [0.15, 0.2) is 5.65 Å². The zero-order valence-electron chi connectivity index (χ0n) is 11.0. The van der Waals surface area contributed by atoms with Crippen molar-refractivity contribution in [2.24, 2.45) is 11.8 Å². The Kier molecular flexibility index (Phi) is 2.45. The summed E-state index contributed by atoms with van der Waals surface area (Å²) >= 11 is 0. The van der Waals surface area contributed by atoms with Gasteiger partial charge in [0.25, 0.3) is 0 Å². The molecule has 0 radical (unpaired) electrons. The Bertz CT molecular complexity index is 668. The Labute approximate surface area is 116 Å². The quantitative estimate of drug-likeness (QED) is 0.895. The van der Waals surface area contributed by atoms with Crippen LogP contribution in [0.15, 0.2) is 24.5 Å². The van der Waals surface area contributed by atoms with Crippen LogP contribution in [0, 0.1) is 11.8 Å². The van der Waals surface area contributed by atoms with E-state index in [4.69, 9.17) is 0 Å². The summed E-state index contributed by atoms with van der Waals surface area (Å²) < 4.78 is 1.69. The van der Waals surface area contributed by atoms with Gasteiger partial charge >= 0.3 is 5.97 Å². The zero-order valence-corrected chi connectivity index (χ0v) is 11.0. The van der Waals surface area contributed by atoms with Crippen molar-refractivity contribution in [1.82, 2.24) is 14.6 Å². The standard InChI is InChI=1S/C14H16N4O2/c19-14(20)13-10-3-1-2-9(10)8-17(13)11-5-7-18-12(16-11)4-6-15-18/h4-7,9-10,13H,1-3,8H2,(H,19,20). The molecule has 1 aliphatic carbocycles. The Morgan fingerprint density at radius 2 is 2.25 bits per heavy atom. The average Bonchev–Trinajstić information content (AvgIpc) is 3.11. The molecule has 3 heterocycles. The fraction of sp³-hybridized carbons (Fsp3) is 0.500. The van der Waals surface area contributed by atoms with Crippen LogP contribution in [-0.2, 0) is 4.79 Å². The Hall–Kier alpha value is -2.11. The maximum absolute atomic E-state index is 11.7. The number of anilines is 1. The van der Waals surface area contributed by atoms with Gasteiger partial charge in [-0.1, -0.05) is 6.42 Å². The SMILES string of the molecule is O=C(O)C1C2CCCC2CN1c1ccn2nccc2n1. The van der Waals surface area contributed by atoms with E-state index in [1.165, 1.54) is 0 Å². The van der Waals surface area contributed by atoms with Gasteiger partial charge in [-0.25, -0.2) is 14.3 Å². The van der Waals surface area contributed by atoms with Crippen LogP contribution >= 0.6 is 0 Å². The van der Waals surface area contributed by atoms with Crippen LogP contribution in [0.1, 0.15) is 19.3 Å². The maximum Gasteiger partial charge on any atom is 0.326 e. The molecule has 3 unspecified atom stereocenters. The highest BCUT2D eigenvalue weighted by molar-refractivity contribution is 5.79. The molecule has 1 N–H and O–H groups in total. The fourth-order valence-electron chi connectivity index (χ4n) is 3.82. The van der Waals surface area contributed by atoms with E-state index in [2.05, 4.69) is 10.1 Å². The van der Waals surface area contributed by atoms with Crippen LogP contribution < -0.4 is 4.90 Å². The third-order valence-electron chi connectivity index (χ3n) is 4.68. The smallest absolute Gasteiger partial charge is 0.326 e. The monoisotopic (exact) mass is 272 g/mol. The number of carboxylic acids is 1. The van der Waals surface area contributed by atoms with Crippen LogP contribution in [0.4, 0.5) is 5.82 Å². The van der Waals surface area contributed by atoms with E-state index in [1.54, 1.807) is 10.7 Å². The van der Waals surface area contributed by atoms with Crippen molar-refractivity contribution in [2.45, 2.75) is 25.3 Å². The van der Waals surface area contributed by atoms with E-state index in [0.29, 0.717) is 5.92 Å². The van der Waals surface area contributed by atoms with E-state index < -0.39 is 12.0 Å². The van der Waals surface area contributed by atoms with Crippen LogP contribution in [0.3, 0.4) is 0 Å². The van der Waals surface area contributed by atoms with Crippen molar-refractivity contribution in [3.8, 4) is 0 Å². The van der Waals surface area contributed by atoms with Crippen molar-refractivity contribution < 1.29 is 9.90 Å². The second kappa shape index (κ2) is 4.19. The highest BCUT2D eigenvalue weighted by atomic mass is 16.4. The second-order valence-corrected chi connectivity index (χ2v) is 5.71. The van der Waals surface area contributed by atoms with E-state index in [1.807, 2.05) is 23.2 Å². The Morgan fingerprint density at radius 1 is 1.35 bits per heavy atom. The Morgan fingerprint density at radius 3 is 3.10 bits per heavy atom. The summed E-state index contributed by atoms with van der Waals surface area (Å²) in [6.07, 6.45) is 6.85. The van der Waals surface area contributed by atoms with Gasteiger partial charge in [0.1, 0.15) is 11.9 Å². The third-order valence-corrected chi connectivity index (χ3v) is 4.68. The molecule has 104 valence electrons. The lowest BCUT2D eigenvalue weighted by molar-refractivity contribution is -0.139. The minimum atomic E-state index is -0.727. The number of fused-ring (bicyclic) bond motifs is 2. The normalized spacial score (nSPS) is 29.0. The van der Waals surface area contributed by atoms with E-state index >= 15 is 0 Å². The summed E-state index contributed by atoms with van der Waals surface area (Å²) in [6, 6.07) is 3.26. The Balaban J connectivity index is 1.74. The molecular weight excluding hydrogens is 256 g/mol. The van der Waals surface area contributed by atoms with E-state index in [-0.39, 0.29) is 5.92 Å². The van der Waals surface area contributed by atoms with Crippen molar-refractivity contribution in [2.75, 3.05) is 11.4 Å². The predicted octanol–water partition coefficient (Wildman–Crippen LogP) is 1.42. The van der Waals surface area contributed by atoms with Gasteiger partial charge in [0.05, 0.1) is 6.20 Å². The summed E-state index contributed by atoms with van der Waals surface area (Å²) in [5.74, 6) is 0.795. The molecule has 0 amide bonds. The van der Waals surface area contributed by atoms with Gasteiger partial charge in [-0.2, -0.15) is 5.10 Å². The lowest BCUT2D eigenvalue weighted by Gasteiger charge is -2.25. The van der Waals surface area contributed by atoms with Crippen LogP contribution in [0.5, 0.6) is 0 Å². The molecule has 6 nitrogen and oxygen atoms in total. The number of carboxylic acid groups (broad SMARTS) is 1. The number of aromatic nitrogens is 3. The first kappa shape index (κ1) is 11.7. The number of rotatable bonds is 2. The van der Waals surface area contributed by atoms with Gasteiger partial charge in [-0.15, -0.1) is 0 Å². The maximum atomic E-state index is 11.7. The minimum Gasteiger partial charge on any atom is -0.480 e. The fourth-order valence-corrected chi connectivity index (χ4v) is 3.82. The summed E-state index contributed by atoms with van der Waals surface area (Å²) in [5, 5.41) is 13.7. The molecule has 20 heavy (non-hydrogen) atoms. The summed E-state index contributed by atoms with van der Waals surface area (Å²) in [5.41, 5.74) is 0.753. The summed E-state index contributed by atoms with van der Waals surface area (Å²) in [6.45, 7) is 0.805. The molecule has 1 aliphatic heterocycles. The molecule has 2 aromatic rings. The predicted molar refractivity (Wildman–Crippen MR) is 72.6 cm³/mol. The molecule has 0 spiro atoms. The van der Waals surface area contributed by atoms with E-state index in [0.717, 1.165) is 37.3 Å². The number of aliphatic carboxylic acids is 1. The number of hydrogen-bond donors (Lipinski definition) is 1. The molecule has 1 saturated heterocycles. The average molecular weight is 272 g/mol. The van der Waals surface area contributed by atoms with E-state index in [9.17, 15) is 9.90 Å². The highest BCUT2D eigenvalue weighted by Crippen LogP contribution is 2.43. The van der Waals surface area contributed by atoms with Gasteiger partial charge in [0.2, 0.25) is 0 Å². The van der Waals surface area contributed by atoms with Crippen molar-refractivity contribution in [3.63, 3.8) is 0 Å². The number of carbonyl (C=O) groups is 1. The molecule has 0 bridgehead atoms. The first-order chi connectivity index (χ1) is 9.74. The molecule has 6 heteroatoms. The minimum absolute atomic E-state index is 0.274. The van der Waals surface area contributed by atoms with Crippen LogP contribution in [0.2, 0.25) is 0 Å². The first-order valence-electron chi connectivity index (χ1n) is 7.04. The number of nitrogens with zero attached hydrogens (tertiary/aromatic N) is 4. The van der Waals surface area contributed by atoms with Gasteiger partial charge in [0, 0.05) is 18.8 Å². The summed E-state index contributed by atoms with van der Waals surface area (Å²) in [7, 11) is 0. The van der Waals surface area contributed by atoms with Gasteiger partial charge < -0.3 is 10.0 Å². The second-order valence-electron chi connectivity index (χ2n) is 5.71. The van der Waals surface area contributed by atoms with Crippen LogP contribution in [-0.4, -0.2) is 38.3 Å². The van der Waals surface area contributed by atoms with Gasteiger partial charge in [-0.05, 0) is 30.7 Å². The largest absolute Gasteiger partial charge is 0.480 e. The van der Waals surface area contributed by atoms with Crippen molar-refractivity contribution in [3.05, 3.63) is 24.5 Å². The topological polar surface area (TPSA) is 70.7 Å². The summed E-state index contributed by atoms with van der Waals surface area (Å²) in [4.78, 5) is 18.2. The lowest BCUT2D eigenvalue weighted by atomic mass is 9.94. The molecule has 2 fully saturated rings. The molecular formula is C14H16N4O2. The van der Waals surface area contributed by atoms with Crippen molar-refractivity contribution >= 4 is 17.4 Å². The first-order valence-corrected chi connectivity index (χ1v) is 7.04. The zero-order chi connectivity index (χ0) is 13.7. The van der Waals surface area contributed by atoms with Gasteiger partial charge in [-0.3, -0.25) is 0 Å². The number of hydrogen-bond acceptors (Lipinski definition) is 4. The molecule has 4 rings (SSSR count). The molecule has 1 saturated carbocycles. The molecule has 2 aliphatic rings. The third kappa shape index (κ3) is 1.60.